The summed E-state index contributed by atoms with van der Waals surface area (Å²) in [5, 5.41) is 3.88. The monoisotopic (exact) mass is 273 g/mol. The minimum atomic E-state index is 0.393. The fraction of sp³-hybridized carbons (Fsp3) is 0.385. The lowest BCUT2D eigenvalue weighted by molar-refractivity contribution is 0.157. The Kier molecular flexibility index (Phi) is 8.10. The number of rotatable bonds is 8. The zero-order chi connectivity index (χ0) is 12.3. The first-order valence-electron chi connectivity index (χ1n) is 5.60. The summed E-state index contributed by atoms with van der Waals surface area (Å²) in [5.74, 6) is 0. The zero-order valence-corrected chi connectivity index (χ0v) is 11.2. The van der Waals surface area contributed by atoms with Crippen molar-refractivity contribution in [2.75, 3.05) is 19.8 Å². The fourth-order valence-electron chi connectivity index (χ4n) is 1.33. The smallest absolute Gasteiger partial charge is 0.0831 e. The van der Waals surface area contributed by atoms with Crippen LogP contribution in [0.2, 0.25) is 0 Å². The van der Waals surface area contributed by atoms with E-state index in [2.05, 4.69) is 17.4 Å². The van der Waals surface area contributed by atoms with Gasteiger partial charge in [-0.15, -0.1) is 0 Å². The van der Waals surface area contributed by atoms with Gasteiger partial charge in [0, 0.05) is 18.7 Å². The van der Waals surface area contributed by atoms with Crippen molar-refractivity contribution in [3.8, 4) is 0 Å². The Hall–Kier alpha value is -0.540. The van der Waals surface area contributed by atoms with Crippen LogP contribution in [0.25, 0.3) is 0 Å². The Morgan fingerprint density at radius 2 is 2.06 bits per heavy atom. The van der Waals surface area contributed by atoms with Crippen LogP contribution in [0.3, 0.4) is 0 Å². The van der Waals surface area contributed by atoms with E-state index in [4.69, 9.17) is 27.9 Å². The molecule has 0 amide bonds. The van der Waals surface area contributed by atoms with Gasteiger partial charge in [-0.05, 0) is 18.5 Å². The predicted octanol–water partition coefficient (Wildman–Crippen LogP) is 3.50. The third-order valence-corrected chi connectivity index (χ3v) is 2.77. The highest BCUT2D eigenvalue weighted by Crippen LogP contribution is 2.03. The summed E-state index contributed by atoms with van der Waals surface area (Å²) in [4.78, 5) is 0. The van der Waals surface area contributed by atoms with Crippen LogP contribution in [0.1, 0.15) is 12.0 Å². The van der Waals surface area contributed by atoms with E-state index >= 15 is 0 Å². The second kappa shape index (κ2) is 9.49. The molecule has 2 nitrogen and oxygen atoms in total. The molecule has 17 heavy (non-hydrogen) atoms. The Morgan fingerprint density at radius 1 is 1.29 bits per heavy atom. The Labute approximate surface area is 113 Å². The molecule has 4 heteroatoms. The molecule has 0 heterocycles. The summed E-state index contributed by atoms with van der Waals surface area (Å²) in [7, 11) is 0. The van der Waals surface area contributed by atoms with Gasteiger partial charge < -0.3 is 10.1 Å². The molecule has 0 saturated heterocycles. The summed E-state index contributed by atoms with van der Waals surface area (Å²) < 4.78 is 5.31. The van der Waals surface area contributed by atoms with Gasteiger partial charge >= 0.3 is 0 Å². The molecule has 1 aromatic rings. The summed E-state index contributed by atoms with van der Waals surface area (Å²) in [6, 6.07) is 10.3. The standard InChI is InChI=1S/C13H17Cl2NO/c14-9-13(15)11-17-8-4-7-16-10-12-5-2-1-3-6-12/h1-3,5-6,9,16H,4,7-8,10-11H2/b13-9+. The minimum absolute atomic E-state index is 0.393. The maximum absolute atomic E-state index is 5.67. The van der Waals surface area contributed by atoms with Crippen LogP contribution in [0, 0.1) is 0 Å². The molecule has 1 rings (SSSR count). The molecule has 0 atom stereocenters. The van der Waals surface area contributed by atoms with Gasteiger partial charge in [-0.25, -0.2) is 0 Å². The summed E-state index contributed by atoms with van der Waals surface area (Å²) in [6.45, 7) is 2.90. The SMILES string of the molecule is Cl/C=C(/Cl)COCCCNCc1ccccc1. The predicted molar refractivity (Wildman–Crippen MR) is 73.4 cm³/mol. The van der Waals surface area contributed by atoms with E-state index in [1.807, 2.05) is 18.2 Å². The lowest BCUT2D eigenvalue weighted by Gasteiger charge is -2.05. The van der Waals surface area contributed by atoms with Crippen molar-refractivity contribution < 1.29 is 4.74 Å². The van der Waals surface area contributed by atoms with Crippen LogP contribution < -0.4 is 5.32 Å². The molecule has 0 fully saturated rings. The normalized spacial score (nSPS) is 11.8. The summed E-state index contributed by atoms with van der Waals surface area (Å²) in [5.41, 5.74) is 2.62. The van der Waals surface area contributed by atoms with E-state index in [0.29, 0.717) is 18.2 Å². The number of hydrogen-bond acceptors (Lipinski definition) is 2. The van der Waals surface area contributed by atoms with Crippen LogP contribution in [-0.4, -0.2) is 19.8 Å². The maximum atomic E-state index is 5.67. The number of nitrogens with one attached hydrogen (secondary N) is 1. The van der Waals surface area contributed by atoms with Crippen molar-refractivity contribution in [1.82, 2.24) is 5.32 Å². The van der Waals surface area contributed by atoms with Gasteiger partial charge in [0.05, 0.1) is 11.6 Å². The number of halogens is 2. The van der Waals surface area contributed by atoms with Crippen LogP contribution in [-0.2, 0) is 11.3 Å². The molecule has 94 valence electrons. The highest BCUT2D eigenvalue weighted by molar-refractivity contribution is 6.36. The van der Waals surface area contributed by atoms with E-state index in [9.17, 15) is 0 Å². The first-order chi connectivity index (χ1) is 8.33. The van der Waals surface area contributed by atoms with Crippen molar-refractivity contribution in [2.45, 2.75) is 13.0 Å². The topological polar surface area (TPSA) is 21.3 Å². The number of hydrogen-bond donors (Lipinski definition) is 1. The molecule has 0 aliphatic carbocycles. The third kappa shape index (κ3) is 7.40. The molecular weight excluding hydrogens is 257 g/mol. The molecule has 0 aliphatic rings. The molecule has 1 N–H and O–H groups in total. The maximum Gasteiger partial charge on any atom is 0.0831 e. The van der Waals surface area contributed by atoms with Crippen molar-refractivity contribution in [3.05, 3.63) is 46.5 Å². The Bertz CT molecular complexity index is 327. The first-order valence-corrected chi connectivity index (χ1v) is 6.41. The molecule has 0 radical (unpaired) electrons. The van der Waals surface area contributed by atoms with E-state index in [-0.39, 0.29) is 0 Å². The van der Waals surface area contributed by atoms with E-state index in [1.165, 1.54) is 11.1 Å². The first kappa shape index (κ1) is 14.5. The fourth-order valence-corrected chi connectivity index (χ4v) is 1.47. The molecular formula is C13H17Cl2NO. The van der Waals surface area contributed by atoms with Crippen LogP contribution in [0.5, 0.6) is 0 Å². The molecule has 0 aromatic heterocycles. The third-order valence-electron chi connectivity index (χ3n) is 2.17. The number of ether oxygens (including phenoxy) is 1. The van der Waals surface area contributed by atoms with Gasteiger partial charge in [-0.2, -0.15) is 0 Å². The largest absolute Gasteiger partial charge is 0.376 e. The van der Waals surface area contributed by atoms with Gasteiger partial charge in [0.25, 0.3) is 0 Å². The zero-order valence-electron chi connectivity index (χ0n) is 9.66. The average molecular weight is 274 g/mol. The lowest BCUT2D eigenvalue weighted by atomic mass is 10.2. The van der Waals surface area contributed by atoms with E-state index in [0.717, 1.165) is 19.5 Å². The van der Waals surface area contributed by atoms with E-state index < -0.39 is 0 Å². The second-order valence-electron chi connectivity index (χ2n) is 3.62. The van der Waals surface area contributed by atoms with Crippen molar-refractivity contribution >= 4 is 23.2 Å². The Morgan fingerprint density at radius 3 is 2.76 bits per heavy atom. The van der Waals surface area contributed by atoms with Gasteiger partial charge in [0.15, 0.2) is 0 Å². The van der Waals surface area contributed by atoms with Crippen molar-refractivity contribution in [2.24, 2.45) is 0 Å². The van der Waals surface area contributed by atoms with Gasteiger partial charge in [0.2, 0.25) is 0 Å². The van der Waals surface area contributed by atoms with Crippen LogP contribution >= 0.6 is 23.2 Å². The average Bonchev–Trinajstić information content (AvgIpc) is 2.38. The molecule has 0 spiro atoms. The minimum Gasteiger partial charge on any atom is -0.376 e. The van der Waals surface area contributed by atoms with Crippen molar-refractivity contribution in [1.29, 1.82) is 0 Å². The number of benzene rings is 1. The molecule has 0 bridgehead atoms. The van der Waals surface area contributed by atoms with Crippen LogP contribution in [0.4, 0.5) is 0 Å². The summed E-state index contributed by atoms with van der Waals surface area (Å²) >= 11 is 11.1. The summed E-state index contributed by atoms with van der Waals surface area (Å²) in [6.07, 6.45) is 0.958. The molecule has 0 aliphatic heterocycles. The molecule has 1 aromatic carbocycles. The van der Waals surface area contributed by atoms with Crippen molar-refractivity contribution in [3.63, 3.8) is 0 Å². The second-order valence-corrected chi connectivity index (χ2v) is 4.33. The highest BCUT2D eigenvalue weighted by atomic mass is 35.5. The lowest BCUT2D eigenvalue weighted by Crippen LogP contribution is -2.16. The van der Waals surface area contributed by atoms with E-state index in [1.54, 1.807) is 0 Å². The highest BCUT2D eigenvalue weighted by Gasteiger charge is 1.93. The molecule has 0 saturated carbocycles. The molecule has 0 unspecified atom stereocenters. The van der Waals surface area contributed by atoms with Gasteiger partial charge in [0.1, 0.15) is 0 Å². The quantitative estimate of drug-likeness (QED) is 0.732. The Balaban J connectivity index is 1.95. The van der Waals surface area contributed by atoms with Gasteiger partial charge in [-0.1, -0.05) is 53.5 Å². The van der Waals surface area contributed by atoms with Crippen LogP contribution in [0.15, 0.2) is 40.9 Å². The van der Waals surface area contributed by atoms with Gasteiger partial charge in [-0.3, -0.25) is 0 Å².